The lowest BCUT2D eigenvalue weighted by atomic mass is 10.1. The molecule has 1 aliphatic heterocycles. The van der Waals surface area contributed by atoms with Crippen LogP contribution in [0.4, 0.5) is 0 Å². The van der Waals surface area contributed by atoms with E-state index in [4.69, 9.17) is 0 Å². The van der Waals surface area contributed by atoms with E-state index >= 15 is 0 Å². The molecule has 5 heteroatoms. The zero-order chi connectivity index (χ0) is 16.1. The molecule has 2 aromatic rings. The molecule has 1 atom stereocenters. The van der Waals surface area contributed by atoms with E-state index in [0.717, 1.165) is 42.8 Å². The molecule has 1 N–H and O–H groups in total. The Bertz CT molecular complexity index is 614. The minimum absolute atomic E-state index is 0.195. The van der Waals surface area contributed by atoms with Gasteiger partial charge in [-0.05, 0) is 31.9 Å². The van der Waals surface area contributed by atoms with Crippen molar-refractivity contribution in [3.8, 4) is 0 Å². The number of nitrogens with one attached hydrogen (secondary N) is 1. The Morgan fingerprint density at radius 1 is 1.22 bits per heavy atom. The van der Waals surface area contributed by atoms with Crippen LogP contribution in [-0.2, 0) is 4.79 Å². The lowest BCUT2D eigenvalue weighted by Crippen LogP contribution is -2.35. The Balaban J connectivity index is 1.55. The number of aromatic nitrogens is 2. The van der Waals surface area contributed by atoms with E-state index < -0.39 is 0 Å². The number of para-hydroxylation sites is 2. The Labute approximate surface area is 142 Å². The number of aromatic amines is 1. The quantitative estimate of drug-likeness (QED) is 0.915. The minimum atomic E-state index is 0.195. The third-order valence-corrected chi connectivity index (χ3v) is 5.60. The summed E-state index contributed by atoms with van der Waals surface area (Å²) in [5.74, 6) is 1.77. The third-order valence-electron chi connectivity index (χ3n) is 4.46. The Morgan fingerprint density at radius 3 is 2.65 bits per heavy atom. The standard InChI is InChI=1S/C18H25N3OS/c1-14(18-19-15-9-5-6-10-16(15)20-18)23-13-17(22)21-11-7-3-2-4-8-12-21/h5-6,9-10,14H,2-4,7-8,11-13H2,1H3,(H,19,20). The summed E-state index contributed by atoms with van der Waals surface area (Å²) in [6, 6.07) is 8.05. The molecule has 0 radical (unpaired) electrons. The predicted molar refractivity (Wildman–Crippen MR) is 96.6 cm³/mol. The molecule has 0 saturated carbocycles. The van der Waals surface area contributed by atoms with Crippen LogP contribution < -0.4 is 0 Å². The number of hydrogen-bond acceptors (Lipinski definition) is 3. The molecule has 1 unspecified atom stereocenters. The van der Waals surface area contributed by atoms with Gasteiger partial charge in [0.2, 0.25) is 5.91 Å². The van der Waals surface area contributed by atoms with E-state index in [1.165, 1.54) is 19.3 Å². The first kappa shape index (κ1) is 16.4. The Kier molecular flexibility index (Phi) is 5.60. The van der Waals surface area contributed by atoms with E-state index in [0.29, 0.717) is 5.75 Å². The van der Waals surface area contributed by atoms with Crippen LogP contribution in [0, 0.1) is 0 Å². The summed E-state index contributed by atoms with van der Waals surface area (Å²) in [5, 5.41) is 0.195. The number of rotatable bonds is 4. The van der Waals surface area contributed by atoms with Gasteiger partial charge >= 0.3 is 0 Å². The molecule has 0 bridgehead atoms. The van der Waals surface area contributed by atoms with Gasteiger partial charge in [-0.25, -0.2) is 4.98 Å². The highest BCUT2D eigenvalue weighted by Crippen LogP contribution is 2.28. The molecule has 1 amide bonds. The summed E-state index contributed by atoms with van der Waals surface area (Å²) >= 11 is 1.67. The molecule has 1 fully saturated rings. The number of amides is 1. The monoisotopic (exact) mass is 331 g/mol. The molecular weight excluding hydrogens is 306 g/mol. The van der Waals surface area contributed by atoms with Crippen molar-refractivity contribution in [3.63, 3.8) is 0 Å². The summed E-state index contributed by atoms with van der Waals surface area (Å²) < 4.78 is 0. The molecule has 1 aromatic carbocycles. The van der Waals surface area contributed by atoms with Crippen LogP contribution in [0.15, 0.2) is 24.3 Å². The SMILES string of the molecule is CC(SCC(=O)N1CCCCCCC1)c1nc2ccccc2[nH]1. The van der Waals surface area contributed by atoms with Crippen LogP contribution in [0.3, 0.4) is 0 Å². The van der Waals surface area contributed by atoms with Crippen molar-refractivity contribution in [2.45, 2.75) is 44.3 Å². The molecule has 124 valence electrons. The van der Waals surface area contributed by atoms with Gasteiger partial charge in [0.1, 0.15) is 5.82 Å². The smallest absolute Gasteiger partial charge is 0.232 e. The average Bonchev–Trinajstić information content (AvgIpc) is 2.96. The molecule has 3 rings (SSSR count). The summed E-state index contributed by atoms with van der Waals surface area (Å²) in [7, 11) is 0. The first-order valence-corrected chi connectivity index (χ1v) is 9.63. The number of nitrogens with zero attached hydrogens (tertiary/aromatic N) is 2. The van der Waals surface area contributed by atoms with Crippen LogP contribution in [0.2, 0.25) is 0 Å². The van der Waals surface area contributed by atoms with Gasteiger partial charge in [-0.15, -0.1) is 11.8 Å². The Morgan fingerprint density at radius 2 is 1.91 bits per heavy atom. The normalized spacial score (nSPS) is 17.7. The number of hydrogen-bond donors (Lipinski definition) is 1. The van der Waals surface area contributed by atoms with E-state index in [1.807, 2.05) is 24.3 Å². The van der Waals surface area contributed by atoms with E-state index in [2.05, 4.69) is 21.8 Å². The number of fused-ring (bicyclic) bond motifs is 1. The molecule has 0 spiro atoms. The van der Waals surface area contributed by atoms with Gasteiger partial charge in [-0.2, -0.15) is 0 Å². The molecule has 0 aliphatic carbocycles. The van der Waals surface area contributed by atoms with Crippen molar-refractivity contribution in [3.05, 3.63) is 30.1 Å². The zero-order valence-corrected chi connectivity index (χ0v) is 14.6. The first-order chi connectivity index (χ1) is 11.2. The van der Waals surface area contributed by atoms with Gasteiger partial charge in [0.05, 0.1) is 22.0 Å². The van der Waals surface area contributed by atoms with E-state index in [9.17, 15) is 4.79 Å². The number of benzene rings is 1. The number of likely N-dealkylation sites (tertiary alicyclic amines) is 1. The van der Waals surface area contributed by atoms with Crippen LogP contribution in [-0.4, -0.2) is 39.6 Å². The second-order valence-electron chi connectivity index (χ2n) is 6.24. The Hall–Kier alpha value is -1.49. The highest BCUT2D eigenvalue weighted by molar-refractivity contribution is 8.00. The van der Waals surface area contributed by atoms with Crippen LogP contribution in [0.5, 0.6) is 0 Å². The van der Waals surface area contributed by atoms with Gasteiger partial charge in [-0.3, -0.25) is 4.79 Å². The van der Waals surface area contributed by atoms with Crippen LogP contribution in [0.1, 0.15) is 50.1 Å². The van der Waals surface area contributed by atoms with Crippen molar-refractivity contribution in [2.75, 3.05) is 18.8 Å². The van der Waals surface area contributed by atoms with Crippen molar-refractivity contribution in [1.29, 1.82) is 0 Å². The topological polar surface area (TPSA) is 49.0 Å². The summed E-state index contributed by atoms with van der Waals surface area (Å²) in [6.07, 6.45) is 6.13. The zero-order valence-electron chi connectivity index (χ0n) is 13.8. The fourth-order valence-electron chi connectivity index (χ4n) is 3.03. The van der Waals surface area contributed by atoms with Crippen LogP contribution >= 0.6 is 11.8 Å². The van der Waals surface area contributed by atoms with E-state index in [1.54, 1.807) is 11.8 Å². The lowest BCUT2D eigenvalue weighted by Gasteiger charge is -2.25. The summed E-state index contributed by atoms with van der Waals surface area (Å²) in [4.78, 5) is 22.5. The maximum Gasteiger partial charge on any atom is 0.232 e. The first-order valence-electron chi connectivity index (χ1n) is 8.58. The largest absolute Gasteiger partial charge is 0.342 e. The fourth-order valence-corrected chi connectivity index (χ4v) is 3.87. The highest BCUT2D eigenvalue weighted by atomic mass is 32.2. The predicted octanol–water partition coefficient (Wildman–Crippen LogP) is 4.15. The molecule has 23 heavy (non-hydrogen) atoms. The maximum atomic E-state index is 12.4. The van der Waals surface area contributed by atoms with Crippen LogP contribution in [0.25, 0.3) is 11.0 Å². The second kappa shape index (κ2) is 7.86. The van der Waals surface area contributed by atoms with Crippen molar-refractivity contribution >= 4 is 28.7 Å². The fraction of sp³-hybridized carbons (Fsp3) is 0.556. The minimum Gasteiger partial charge on any atom is -0.342 e. The number of carbonyl (C=O) groups excluding carboxylic acids is 1. The number of thioether (sulfide) groups is 1. The van der Waals surface area contributed by atoms with Crippen molar-refractivity contribution in [2.24, 2.45) is 0 Å². The third kappa shape index (κ3) is 4.28. The molecule has 4 nitrogen and oxygen atoms in total. The maximum absolute atomic E-state index is 12.4. The molecule has 1 aliphatic rings. The molecular formula is C18H25N3OS. The lowest BCUT2D eigenvalue weighted by molar-refractivity contribution is -0.128. The summed E-state index contributed by atoms with van der Waals surface area (Å²) in [6.45, 7) is 3.97. The number of H-pyrrole nitrogens is 1. The van der Waals surface area contributed by atoms with Gasteiger partial charge < -0.3 is 9.88 Å². The highest BCUT2D eigenvalue weighted by Gasteiger charge is 2.18. The molecule has 1 aromatic heterocycles. The number of carbonyl (C=O) groups is 1. The summed E-state index contributed by atoms with van der Waals surface area (Å²) in [5.41, 5.74) is 2.05. The van der Waals surface area contributed by atoms with Gasteiger partial charge in [-0.1, -0.05) is 31.4 Å². The van der Waals surface area contributed by atoms with Gasteiger partial charge in [0.25, 0.3) is 0 Å². The van der Waals surface area contributed by atoms with Gasteiger partial charge in [0.15, 0.2) is 0 Å². The second-order valence-corrected chi connectivity index (χ2v) is 7.57. The van der Waals surface area contributed by atoms with Crippen molar-refractivity contribution < 1.29 is 4.79 Å². The molecule has 1 saturated heterocycles. The van der Waals surface area contributed by atoms with E-state index in [-0.39, 0.29) is 11.2 Å². The van der Waals surface area contributed by atoms with Crippen molar-refractivity contribution in [1.82, 2.24) is 14.9 Å². The molecule has 2 heterocycles. The van der Waals surface area contributed by atoms with Gasteiger partial charge in [0, 0.05) is 13.1 Å². The number of imidazole rings is 1. The average molecular weight is 331 g/mol.